The van der Waals surface area contributed by atoms with Crippen LogP contribution >= 0.6 is 11.8 Å². The van der Waals surface area contributed by atoms with E-state index in [2.05, 4.69) is 16.3 Å². The number of thioether (sulfide) groups is 1. The fourth-order valence-electron chi connectivity index (χ4n) is 2.95. The first kappa shape index (κ1) is 15.4. The number of hydrogen-bond acceptors (Lipinski definition) is 4. The van der Waals surface area contributed by atoms with Gasteiger partial charge in [0.05, 0.1) is 12.2 Å². The van der Waals surface area contributed by atoms with Crippen molar-refractivity contribution in [1.82, 2.24) is 10.2 Å². The summed E-state index contributed by atoms with van der Waals surface area (Å²) < 4.78 is 0. The van der Waals surface area contributed by atoms with Gasteiger partial charge in [-0.3, -0.25) is 14.5 Å². The summed E-state index contributed by atoms with van der Waals surface area (Å²) in [6.07, 6.45) is 0.458. The van der Waals surface area contributed by atoms with E-state index in [4.69, 9.17) is 0 Å². The van der Waals surface area contributed by atoms with E-state index in [1.807, 2.05) is 30.0 Å². The van der Waals surface area contributed by atoms with E-state index in [0.717, 1.165) is 24.5 Å². The van der Waals surface area contributed by atoms with Crippen LogP contribution in [-0.2, 0) is 9.59 Å². The average Bonchev–Trinajstić information content (AvgIpc) is 2.67. The van der Waals surface area contributed by atoms with Crippen LogP contribution < -0.4 is 10.2 Å². The van der Waals surface area contributed by atoms with Crippen molar-refractivity contribution in [3.63, 3.8) is 0 Å². The zero-order valence-electron chi connectivity index (χ0n) is 12.7. The van der Waals surface area contributed by atoms with Gasteiger partial charge in [0.2, 0.25) is 11.8 Å². The Labute approximate surface area is 135 Å². The Kier molecular flexibility index (Phi) is 4.69. The molecular formula is C16H21N3O2S. The number of carbonyl (C=O) groups is 2. The molecule has 2 aliphatic rings. The average molecular weight is 319 g/mol. The van der Waals surface area contributed by atoms with E-state index in [-0.39, 0.29) is 17.9 Å². The second-order valence-corrected chi connectivity index (χ2v) is 6.87. The standard InChI is InChI=1S/C16H21N3O2S/c1-12-10-15(20)17-6-7-18(12)11-16(21)19-8-9-22-14-5-3-2-4-13(14)19/h2-5,12H,6-11H2,1H3,(H,17,20). The molecule has 5 nitrogen and oxygen atoms in total. The number of para-hydroxylation sites is 1. The summed E-state index contributed by atoms with van der Waals surface area (Å²) >= 11 is 1.80. The van der Waals surface area contributed by atoms with Crippen molar-refractivity contribution in [3.8, 4) is 0 Å². The molecule has 0 radical (unpaired) electrons. The quantitative estimate of drug-likeness (QED) is 0.894. The molecule has 1 saturated heterocycles. The molecule has 1 unspecified atom stereocenters. The molecule has 1 N–H and O–H groups in total. The van der Waals surface area contributed by atoms with Crippen LogP contribution in [0.3, 0.4) is 0 Å². The summed E-state index contributed by atoms with van der Waals surface area (Å²) in [6.45, 7) is 4.47. The Morgan fingerprint density at radius 3 is 3.05 bits per heavy atom. The zero-order chi connectivity index (χ0) is 15.5. The Morgan fingerprint density at radius 2 is 2.18 bits per heavy atom. The highest BCUT2D eigenvalue weighted by molar-refractivity contribution is 7.99. The lowest BCUT2D eigenvalue weighted by molar-refractivity contribution is -0.123. The molecule has 0 saturated carbocycles. The van der Waals surface area contributed by atoms with Gasteiger partial charge >= 0.3 is 0 Å². The number of benzene rings is 1. The molecule has 0 spiro atoms. The van der Waals surface area contributed by atoms with E-state index in [9.17, 15) is 9.59 Å². The van der Waals surface area contributed by atoms with E-state index in [0.29, 0.717) is 19.5 Å². The number of carbonyl (C=O) groups excluding carboxylic acids is 2. The van der Waals surface area contributed by atoms with Gasteiger partial charge in [-0.05, 0) is 19.1 Å². The number of rotatable bonds is 2. The largest absolute Gasteiger partial charge is 0.355 e. The van der Waals surface area contributed by atoms with Gasteiger partial charge < -0.3 is 10.2 Å². The van der Waals surface area contributed by atoms with Gasteiger partial charge in [-0.2, -0.15) is 0 Å². The van der Waals surface area contributed by atoms with Crippen molar-refractivity contribution in [2.75, 3.05) is 36.8 Å². The lowest BCUT2D eigenvalue weighted by Gasteiger charge is -2.32. The topological polar surface area (TPSA) is 52.7 Å². The number of nitrogens with zero attached hydrogens (tertiary/aromatic N) is 2. The van der Waals surface area contributed by atoms with Crippen molar-refractivity contribution in [3.05, 3.63) is 24.3 Å². The van der Waals surface area contributed by atoms with Crippen molar-refractivity contribution in [2.24, 2.45) is 0 Å². The van der Waals surface area contributed by atoms with Crippen LogP contribution in [0.2, 0.25) is 0 Å². The minimum Gasteiger partial charge on any atom is -0.355 e. The van der Waals surface area contributed by atoms with Crippen LogP contribution in [0.4, 0.5) is 5.69 Å². The van der Waals surface area contributed by atoms with Gasteiger partial charge in [-0.1, -0.05) is 12.1 Å². The molecule has 2 aliphatic heterocycles. The number of amides is 2. The molecule has 2 amide bonds. The first-order chi connectivity index (χ1) is 10.6. The van der Waals surface area contributed by atoms with Crippen LogP contribution in [0, 0.1) is 0 Å². The van der Waals surface area contributed by atoms with Gasteiger partial charge in [-0.15, -0.1) is 11.8 Å². The van der Waals surface area contributed by atoms with Gasteiger partial charge in [0.1, 0.15) is 0 Å². The molecule has 1 aromatic carbocycles. The third kappa shape index (κ3) is 3.28. The SMILES string of the molecule is CC1CC(=O)NCCN1CC(=O)N1CCSc2ccccc21. The Morgan fingerprint density at radius 1 is 1.36 bits per heavy atom. The fraction of sp³-hybridized carbons (Fsp3) is 0.500. The Hall–Kier alpha value is -1.53. The molecule has 3 rings (SSSR count). The summed E-state index contributed by atoms with van der Waals surface area (Å²) in [7, 11) is 0. The molecule has 22 heavy (non-hydrogen) atoms. The molecule has 1 fully saturated rings. The number of nitrogens with one attached hydrogen (secondary N) is 1. The highest BCUT2D eigenvalue weighted by Gasteiger charge is 2.27. The summed E-state index contributed by atoms with van der Waals surface area (Å²) in [5, 5.41) is 2.86. The molecular weight excluding hydrogens is 298 g/mol. The van der Waals surface area contributed by atoms with E-state index < -0.39 is 0 Å². The monoisotopic (exact) mass is 319 g/mol. The highest BCUT2D eigenvalue weighted by atomic mass is 32.2. The molecule has 1 atom stereocenters. The second-order valence-electron chi connectivity index (χ2n) is 5.74. The molecule has 1 aromatic rings. The summed E-state index contributed by atoms with van der Waals surface area (Å²) in [5.74, 6) is 1.12. The Bertz CT molecular complexity index is 578. The van der Waals surface area contributed by atoms with Crippen molar-refractivity contribution in [1.29, 1.82) is 0 Å². The third-order valence-corrected chi connectivity index (χ3v) is 5.24. The molecule has 0 bridgehead atoms. The minimum atomic E-state index is 0.0715. The maximum absolute atomic E-state index is 12.7. The van der Waals surface area contributed by atoms with E-state index in [1.54, 1.807) is 11.8 Å². The smallest absolute Gasteiger partial charge is 0.241 e. The molecule has 0 aliphatic carbocycles. The van der Waals surface area contributed by atoms with Gasteiger partial charge in [-0.25, -0.2) is 0 Å². The Balaban J connectivity index is 1.71. The predicted octanol–water partition coefficient (Wildman–Crippen LogP) is 1.34. The lowest BCUT2D eigenvalue weighted by Crippen LogP contribution is -2.46. The van der Waals surface area contributed by atoms with Crippen molar-refractivity contribution >= 4 is 29.3 Å². The molecule has 0 aromatic heterocycles. The number of anilines is 1. The fourth-order valence-corrected chi connectivity index (χ4v) is 3.95. The zero-order valence-corrected chi connectivity index (χ0v) is 13.6. The van der Waals surface area contributed by atoms with Crippen LogP contribution in [0.15, 0.2) is 29.2 Å². The first-order valence-electron chi connectivity index (χ1n) is 7.68. The van der Waals surface area contributed by atoms with Crippen molar-refractivity contribution < 1.29 is 9.59 Å². The highest BCUT2D eigenvalue weighted by Crippen LogP contribution is 2.34. The number of hydrogen-bond donors (Lipinski definition) is 1. The second kappa shape index (κ2) is 6.71. The summed E-state index contributed by atoms with van der Waals surface area (Å²) in [5.41, 5.74) is 1.01. The predicted molar refractivity (Wildman–Crippen MR) is 88.2 cm³/mol. The third-order valence-electron chi connectivity index (χ3n) is 4.19. The maximum Gasteiger partial charge on any atom is 0.241 e. The number of fused-ring (bicyclic) bond motifs is 1. The van der Waals surface area contributed by atoms with Gasteiger partial charge in [0, 0.05) is 42.7 Å². The minimum absolute atomic E-state index is 0.0715. The van der Waals surface area contributed by atoms with Crippen LogP contribution in [0.25, 0.3) is 0 Å². The first-order valence-corrected chi connectivity index (χ1v) is 8.66. The van der Waals surface area contributed by atoms with E-state index >= 15 is 0 Å². The van der Waals surface area contributed by atoms with Crippen LogP contribution in [0.1, 0.15) is 13.3 Å². The van der Waals surface area contributed by atoms with Crippen LogP contribution in [0.5, 0.6) is 0 Å². The molecule has 2 heterocycles. The molecule has 118 valence electrons. The van der Waals surface area contributed by atoms with Crippen molar-refractivity contribution in [2.45, 2.75) is 24.3 Å². The summed E-state index contributed by atoms with van der Waals surface area (Å²) in [4.78, 5) is 29.5. The summed E-state index contributed by atoms with van der Waals surface area (Å²) in [6, 6.07) is 8.16. The maximum atomic E-state index is 12.7. The lowest BCUT2D eigenvalue weighted by atomic mass is 10.2. The van der Waals surface area contributed by atoms with Crippen LogP contribution in [-0.4, -0.2) is 54.7 Å². The van der Waals surface area contributed by atoms with E-state index in [1.165, 1.54) is 4.90 Å². The molecule has 6 heteroatoms. The van der Waals surface area contributed by atoms with Gasteiger partial charge in [0.25, 0.3) is 0 Å². The normalized spacial score (nSPS) is 22.7. The van der Waals surface area contributed by atoms with Gasteiger partial charge in [0.15, 0.2) is 0 Å².